The van der Waals surface area contributed by atoms with Gasteiger partial charge < -0.3 is 9.42 Å². The van der Waals surface area contributed by atoms with Crippen molar-refractivity contribution in [1.29, 1.82) is 0 Å². The van der Waals surface area contributed by atoms with Crippen molar-refractivity contribution in [3.8, 4) is 0 Å². The van der Waals surface area contributed by atoms with E-state index in [9.17, 15) is 12.8 Å². The van der Waals surface area contributed by atoms with E-state index in [-0.39, 0.29) is 16.8 Å². The van der Waals surface area contributed by atoms with Gasteiger partial charge in [0, 0.05) is 51.0 Å². The molecular formula is C18H23FN4O3S. The molecule has 7 nitrogen and oxygen atoms in total. The largest absolute Gasteiger partial charge is 0.369 e. The van der Waals surface area contributed by atoms with Gasteiger partial charge in [-0.2, -0.15) is 4.31 Å². The summed E-state index contributed by atoms with van der Waals surface area (Å²) in [5.74, 6) is 0.107. The fraction of sp³-hybridized carbons (Fsp3) is 0.500. The molecule has 2 aliphatic rings. The molecule has 0 N–H and O–H groups in total. The smallest absolute Gasteiger partial charge is 0.248 e. The second-order valence-corrected chi connectivity index (χ2v) is 9.00. The summed E-state index contributed by atoms with van der Waals surface area (Å²) in [5.41, 5.74) is 1.43. The van der Waals surface area contributed by atoms with E-state index >= 15 is 0 Å². The average molecular weight is 394 g/mol. The number of hydrogen-bond donors (Lipinski definition) is 0. The van der Waals surface area contributed by atoms with Crippen LogP contribution in [0.5, 0.6) is 0 Å². The molecule has 0 spiro atoms. The van der Waals surface area contributed by atoms with E-state index in [0.717, 1.165) is 31.9 Å². The molecule has 9 heteroatoms. The minimum Gasteiger partial charge on any atom is -0.369 e. The van der Waals surface area contributed by atoms with Crippen LogP contribution < -0.4 is 4.90 Å². The van der Waals surface area contributed by atoms with Gasteiger partial charge in [0.1, 0.15) is 16.4 Å². The molecule has 0 aliphatic carbocycles. The van der Waals surface area contributed by atoms with Crippen LogP contribution in [0.3, 0.4) is 0 Å². The Kier molecular flexibility index (Phi) is 4.69. The highest BCUT2D eigenvalue weighted by atomic mass is 32.2. The van der Waals surface area contributed by atoms with Gasteiger partial charge in [-0.15, -0.1) is 0 Å². The zero-order valence-corrected chi connectivity index (χ0v) is 16.2. The summed E-state index contributed by atoms with van der Waals surface area (Å²) in [6.07, 6.45) is 0. The maximum atomic E-state index is 13.1. The Labute approximate surface area is 158 Å². The number of aromatic nitrogens is 1. The SMILES string of the molecule is Cc1noc(C)c1S(=O)(=O)N1CC(N2CCN(c3ccc(F)cc3)CC2)C1. The van der Waals surface area contributed by atoms with Gasteiger partial charge in [0.25, 0.3) is 0 Å². The average Bonchev–Trinajstić information content (AvgIpc) is 2.94. The monoisotopic (exact) mass is 394 g/mol. The van der Waals surface area contributed by atoms with Crippen molar-refractivity contribution in [3.63, 3.8) is 0 Å². The van der Waals surface area contributed by atoms with Crippen molar-refractivity contribution in [2.24, 2.45) is 0 Å². The van der Waals surface area contributed by atoms with Gasteiger partial charge in [0.05, 0.1) is 0 Å². The number of piperazine rings is 1. The van der Waals surface area contributed by atoms with Crippen LogP contribution in [-0.2, 0) is 10.0 Å². The maximum absolute atomic E-state index is 13.1. The van der Waals surface area contributed by atoms with Gasteiger partial charge >= 0.3 is 0 Å². The number of halogens is 1. The Balaban J connectivity index is 1.34. The first-order chi connectivity index (χ1) is 12.9. The zero-order chi connectivity index (χ0) is 19.2. The van der Waals surface area contributed by atoms with Crippen LogP contribution in [0.1, 0.15) is 11.5 Å². The third kappa shape index (κ3) is 3.35. The molecule has 2 fully saturated rings. The molecule has 27 heavy (non-hydrogen) atoms. The lowest BCUT2D eigenvalue weighted by atomic mass is 10.1. The van der Waals surface area contributed by atoms with Crippen LogP contribution in [-0.4, -0.2) is 68.1 Å². The molecule has 0 atom stereocenters. The molecule has 0 unspecified atom stereocenters. The van der Waals surface area contributed by atoms with Crippen LogP contribution in [0.15, 0.2) is 33.7 Å². The molecule has 0 saturated carbocycles. The standard InChI is InChI=1S/C18H23FN4O3S/c1-13-18(14(2)26-20-13)27(24,25)23-11-17(12-23)22-9-7-21(8-10-22)16-5-3-15(19)4-6-16/h3-6,17H,7-12H2,1-2H3. The molecule has 2 aromatic rings. The molecule has 0 radical (unpaired) electrons. The summed E-state index contributed by atoms with van der Waals surface area (Å²) in [6, 6.07) is 6.78. The second kappa shape index (κ2) is 6.88. The molecule has 4 rings (SSSR count). The Morgan fingerprint density at radius 1 is 1.07 bits per heavy atom. The van der Waals surface area contributed by atoms with Crippen LogP contribution in [0.2, 0.25) is 0 Å². The number of hydrogen-bond acceptors (Lipinski definition) is 6. The topological polar surface area (TPSA) is 69.9 Å². The Morgan fingerprint density at radius 2 is 1.70 bits per heavy atom. The van der Waals surface area contributed by atoms with Gasteiger partial charge in [-0.1, -0.05) is 5.16 Å². The fourth-order valence-corrected chi connectivity index (χ4v) is 5.62. The minimum atomic E-state index is -3.55. The van der Waals surface area contributed by atoms with Crippen LogP contribution >= 0.6 is 0 Å². The summed E-state index contributed by atoms with van der Waals surface area (Å²) in [5, 5.41) is 3.75. The zero-order valence-electron chi connectivity index (χ0n) is 15.4. The first-order valence-corrected chi connectivity index (χ1v) is 10.5. The predicted molar refractivity (Wildman–Crippen MR) is 98.7 cm³/mol. The van der Waals surface area contributed by atoms with Gasteiger partial charge in [-0.05, 0) is 38.1 Å². The first-order valence-electron chi connectivity index (χ1n) is 9.04. The number of rotatable bonds is 4. The third-order valence-electron chi connectivity index (χ3n) is 5.42. The van der Waals surface area contributed by atoms with Crippen LogP contribution in [0.4, 0.5) is 10.1 Å². The highest BCUT2D eigenvalue weighted by molar-refractivity contribution is 7.89. The lowest BCUT2D eigenvalue weighted by Gasteiger charge is -2.47. The van der Waals surface area contributed by atoms with E-state index in [0.29, 0.717) is 24.5 Å². The molecular weight excluding hydrogens is 371 g/mol. The van der Waals surface area contributed by atoms with Crippen molar-refractivity contribution in [2.45, 2.75) is 24.8 Å². The van der Waals surface area contributed by atoms with Gasteiger partial charge in [-0.3, -0.25) is 4.90 Å². The van der Waals surface area contributed by atoms with Crippen molar-refractivity contribution in [1.82, 2.24) is 14.4 Å². The summed E-state index contributed by atoms with van der Waals surface area (Å²) >= 11 is 0. The molecule has 146 valence electrons. The molecule has 1 aromatic heterocycles. The van der Waals surface area contributed by atoms with E-state index in [1.807, 2.05) is 0 Å². The molecule has 0 bridgehead atoms. The Hall–Kier alpha value is -1.97. The summed E-state index contributed by atoms with van der Waals surface area (Å²) in [4.78, 5) is 4.76. The second-order valence-electron chi connectivity index (χ2n) is 7.13. The number of anilines is 1. The highest BCUT2D eigenvalue weighted by Crippen LogP contribution is 2.29. The lowest BCUT2D eigenvalue weighted by molar-refractivity contribution is 0.0827. The fourth-order valence-electron chi connectivity index (χ4n) is 3.81. The van der Waals surface area contributed by atoms with E-state index in [1.165, 1.54) is 16.4 Å². The number of aryl methyl sites for hydroxylation is 2. The van der Waals surface area contributed by atoms with Gasteiger partial charge in [0.15, 0.2) is 5.76 Å². The van der Waals surface area contributed by atoms with E-state index < -0.39 is 10.0 Å². The Morgan fingerprint density at radius 3 is 2.26 bits per heavy atom. The third-order valence-corrected chi connectivity index (χ3v) is 7.49. The minimum absolute atomic E-state index is 0.196. The molecule has 0 amide bonds. The van der Waals surface area contributed by atoms with E-state index in [4.69, 9.17) is 4.52 Å². The van der Waals surface area contributed by atoms with Crippen LogP contribution in [0, 0.1) is 19.7 Å². The van der Waals surface area contributed by atoms with E-state index in [1.54, 1.807) is 26.0 Å². The molecule has 2 saturated heterocycles. The van der Waals surface area contributed by atoms with Crippen molar-refractivity contribution < 1.29 is 17.3 Å². The number of sulfonamides is 1. The predicted octanol–water partition coefficient (Wildman–Crippen LogP) is 1.63. The highest BCUT2D eigenvalue weighted by Gasteiger charge is 2.42. The van der Waals surface area contributed by atoms with Crippen molar-refractivity contribution in [3.05, 3.63) is 41.5 Å². The lowest BCUT2D eigenvalue weighted by Crippen LogP contribution is -2.64. The summed E-state index contributed by atoms with van der Waals surface area (Å²) in [7, 11) is -3.55. The number of benzene rings is 1. The molecule has 2 aliphatic heterocycles. The van der Waals surface area contributed by atoms with Crippen molar-refractivity contribution in [2.75, 3.05) is 44.2 Å². The number of nitrogens with zero attached hydrogens (tertiary/aromatic N) is 4. The van der Waals surface area contributed by atoms with Gasteiger partial charge in [-0.25, -0.2) is 12.8 Å². The van der Waals surface area contributed by atoms with Gasteiger partial charge in [0.2, 0.25) is 10.0 Å². The molecule has 3 heterocycles. The summed E-state index contributed by atoms with van der Waals surface area (Å²) < 4.78 is 45.1. The summed E-state index contributed by atoms with van der Waals surface area (Å²) in [6.45, 7) is 7.67. The first kappa shape index (κ1) is 18.4. The Bertz CT molecular complexity index is 895. The molecule has 1 aromatic carbocycles. The quantitative estimate of drug-likeness (QED) is 0.785. The maximum Gasteiger partial charge on any atom is 0.248 e. The normalized spacial score (nSPS) is 20.0. The van der Waals surface area contributed by atoms with Crippen LogP contribution in [0.25, 0.3) is 0 Å². The van der Waals surface area contributed by atoms with E-state index in [2.05, 4.69) is 15.0 Å². The van der Waals surface area contributed by atoms with Crippen molar-refractivity contribution >= 4 is 15.7 Å².